The van der Waals surface area contributed by atoms with Crippen LogP contribution in [0.15, 0.2) is 59.9 Å². The van der Waals surface area contributed by atoms with Gasteiger partial charge in [-0.05, 0) is 48.7 Å². The van der Waals surface area contributed by atoms with Gasteiger partial charge in [0, 0.05) is 37.5 Å². The summed E-state index contributed by atoms with van der Waals surface area (Å²) < 4.78 is 29.5. The molecule has 1 saturated heterocycles. The lowest BCUT2D eigenvalue weighted by atomic mass is 10.1. The van der Waals surface area contributed by atoms with Crippen LogP contribution < -0.4 is 10.1 Å². The summed E-state index contributed by atoms with van der Waals surface area (Å²) in [6.07, 6.45) is 3.85. The molecule has 36 heavy (non-hydrogen) atoms. The van der Waals surface area contributed by atoms with E-state index in [9.17, 15) is 23.1 Å². The van der Waals surface area contributed by atoms with Crippen molar-refractivity contribution in [1.29, 1.82) is 0 Å². The highest BCUT2D eigenvalue weighted by Gasteiger charge is 2.23. The minimum Gasteiger partial charge on any atom is -0.465 e. The van der Waals surface area contributed by atoms with Gasteiger partial charge in [-0.1, -0.05) is 12.0 Å². The number of carboxylic acid groups (broad SMARTS) is 1. The van der Waals surface area contributed by atoms with Gasteiger partial charge in [-0.25, -0.2) is 23.2 Å². The molecule has 1 fully saturated rings. The first-order valence-electron chi connectivity index (χ1n) is 10.9. The number of carbonyl (C=O) groups excluding carboxylic acids is 1. The third kappa shape index (κ3) is 6.17. The molecule has 184 valence electrons. The fraction of sp³-hybridized carbons (Fsp3) is 0.200. The van der Waals surface area contributed by atoms with Crippen LogP contribution in [0.3, 0.4) is 0 Å². The van der Waals surface area contributed by atoms with Crippen LogP contribution in [0.2, 0.25) is 0 Å². The van der Waals surface area contributed by atoms with Gasteiger partial charge in [-0.15, -0.1) is 0 Å². The van der Waals surface area contributed by atoms with Crippen molar-refractivity contribution in [3.8, 4) is 23.3 Å². The summed E-state index contributed by atoms with van der Waals surface area (Å²) in [5, 5.41) is 11.6. The summed E-state index contributed by atoms with van der Waals surface area (Å²) in [7, 11) is -3.48. The molecule has 0 unspecified atom stereocenters. The van der Waals surface area contributed by atoms with Crippen LogP contribution in [0.1, 0.15) is 29.7 Å². The van der Waals surface area contributed by atoms with Crippen molar-refractivity contribution in [1.82, 2.24) is 14.9 Å². The minimum absolute atomic E-state index is 0.00751. The Morgan fingerprint density at radius 3 is 2.64 bits per heavy atom. The fourth-order valence-electron chi connectivity index (χ4n) is 3.58. The van der Waals surface area contributed by atoms with Gasteiger partial charge in [0.1, 0.15) is 17.2 Å². The normalized spacial score (nSPS) is 13.1. The zero-order valence-corrected chi connectivity index (χ0v) is 20.1. The molecule has 0 saturated carbocycles. The molecule has 3 aromatic rings. The number of hydrogen-bond donors (Lipinski definition) is 2. The summed E-state index contributed by atoms with van der Waals surface area (Å²) in [6.45, 7) is 0.775. The van der Waals surface area contributed by atoms with Gasteiger partial charge in [-0.2, -0.15) is 0 Å². The number of hydrogen-bond acceptors (Lipinski definition) is 7. The lowest BCUT2D eigenvalue weighted by Gasteiger charge is -2.20. The summed E-state index contributed by atoms with van der Waals surface area (Å²) in [5.74, 6) is 6.40. The maximum absolute atomic E-state index is 12.2. The molecular weight excluding hydrogens is 484 g/mol. The molecule has 1 aliphatic rings. The van der Waals surface area contributed by atoms with Crippen LogP contribution >= 0.6 is 0 Å². The number of amides is 2. The second-order valence-corrected chi connectivity index (χ2v) is 9.99. The van der Waals surface area contributed by atoms with Crippen molar-refractivity contribution >= 4 is 27.5 Å². The summed E-state index contributed by atoms with van der Waals surface area (Å²) in [5.41, 5.74) is 1.60. The monoisotopic (exact) mass is 506 g/mol. The largest absolute Gasteiger partial charge is 0.465 e. The van der Waals surface area contributed by atoms with Gasteiger partial charge >= 0.3 is 6.09 Å². The third-order valence-electron chi connectivity index (χ3n) is 5.28. The van der Waals surface area contributed by atoms with Gasteiger partial charge in [-0.3, -0.25) is 10.1 Å². The van der Waals surface area contributed by atoms with Crippen molar-refractivity contribution in [3.63, 3.8) is 0 Å². The second-order valence-electron chi connectivity index (χ2n) is 8.03. The SMILES string of the molecule is CS(=O)(=O)c1ccc(Oc2cc(C#Cc3ccccn3)c(NC(=O)O)cc2CN2CCCC2=O)cn1. The standard InChI is InChI=1S/C25H22N4O6S/c1-36(33,34)23-10-9-20(15-27-23)35-22-14-17(7-8-19-5-2-3-11-26-19)21(28-25(31)32)13-18(22)16-29-12-4-6-24(29)30/h2-3,5,9-11,13-15,28H,4,6,12,16H2,1H3,(H,31,32). The average Bonchev–Trinajstić information content (AvgIpc) is 3.24. The van der Waals surface area contributed by atoms with E-state index in [4.69, 9.17) is 4.74 Å². The smallest absolute Gasteiger partial charge is 0.409 e. The molecule has 0 radical (unpaired) electrons. The van der Waals surface area contributed by atoms with E-state index >= 15 is 0 Å². The second kappa shape index (κ2) is 10.5. The average molecular weight is 507 g/mol. The molecule has 1 aliphatic heterocycles. The van der Waals surface area contributed by atoms with Crippen molar-refractivity contribution in [2.75, 3.05) is 18.1 Å². The summed E-state index contributed by atoms with van der Waals surface area (Å²) >= 11 is 0. The van der Waals surface area contributed by atoms with Crippen LogP contribution in [0, 0.1) is 11.8 Å². The predicted octanol–water partition coefficient (Wildman–Crippen LogP) is 3.28. The van der Waals surface area contributed by atoms with Gasteiger partial charge < -0.3 is 14.7 Å². The Labute approximate surface area is 207 Å². The van der Waals surface area contributed by atoms with Crippen molar-refractivity contribution in [3.05, 3.63) is 71.7 Å². The van der Waals surface area contributed by atoms with E-state index in [1.165, 1.54) is 18.3 Å². The highest BCUT2D eigenvalue weighted by atomic mass is 32.2. The summed E-state index contributed by atoms with van der Waals surface area (Å²) in [4.78, 5) is 33.5. The van der Waals surface area contributed by atoms with Crippen molar-refractivity contribution in [2.24, 2.45) is 0 Å². The molecule has 11 heteroatoms. The highest BCUT2D eigenvalue weighted by molar-refractivity contribution is 7.90. The third-order valence-corrected chi connectivity index (χ3v) is 6.28. The maximum Gasteiger partial charge on any atom is 0.409 e. The Kier molecular flexibility index (Phi) is 7.17. The molecule has 0 spiro atoms. The molecule has 4 rings (SSSR count). The Hall–Kier alpha value is -4.43. The Bertz CT molecular complexity index is 1460. The Morgan fingerprint density at radius 2 is 2.03 bits per heavy atom. The highest BCUT2D eigenvalue weighted by Crippen LogP contribution is 2.33. The molecule has 3 heterocycles. The predicted molar refractivity (Wildman–Crippen MR) is 130 cm³/mol. The molecule has 10 nitrogen and oxygen atoms in total. The number of pyridine rings is 2. The first-order valence-corrected chi connectivity index (χ1v) is 12.8. The number of carbonyl (C=O) groups is 2. The van der Waals surface area contributed by atoms with E-state index < -0.39 is 15.9 Å². The molecular formula is C25H22N4O6S. The fourth-order valence-corrected chi connectivity index (χ4v) is 4.14. The van der Waals surface area contributed by atoms with Gasteiger partial charge in [0.05, 0.1) is 17.4 Å². The summed E-state index contributed by atoms with van der Waals surface area (Å²) in [6, 6.07) is 11.2. The number of likely N-dealkylation sites (tertiary alicyclic amines) is 1. The van der Waals surface area contributed by atoms with Crippen molar-refractivity contribution < 1.29 is 27.9 Å². The maximum atomic E-state index is 12.2. The van der Waals surface area contributed by atoms with Crippen molar-refractivity contribution in [2.45, 2.75) is 24.4 Å². The first kappa shape index (κ1) is 24.7. The molecule has 1 aromatic carbocycles. The molecule has 0 aliphatic carbocycles. The number of anilines is 1. The lowest BCUT2D eigenvalue weighted by molar-refractivity contribution is -0.128. The Balaban J connectivity index is 1.77. The quantitative estimate of drug-likeness (QED) is 0.486. The van der Waals surface area contributed by atoms with Gasteiger partial charge in [0.2, 0.25) is 5.91 Å². The van der Waals surface area contributed by atoms with E-state index in [-0.39, 0.29) is 28.9 Å². The van der Waals surface area contributed by atoms with E-state index in [1.807, 2.05) is 0 Å². The zero-order chi connectivity index (χ0) is 25.7. The molecule has 2 N–H and O–H groups in total. The van der Waals surface area contributed by atoms with Crippen LogP contribution in [-0.4, -0.2) is 53.2 Å². The molecule has 2 amide bonds. The number of benzene rings is 1. The first-order chi connectivity index (χ1) is 17.2. The van der Waals surface area contributed by atoms with E-state index in [0.717, 1.165) is 12.7 Å². The van der Waals surface area contributed by atoms with Gasteiger partial charge in [0.15, 0.2) is 14.9 Å². The number of nitrogens with zero attached hydrogens (tertiary/aromatic N) is 3. The number of sulfone groups is 1. The van der Waals surface area contributed by atoms with Crippen LogP contribution in [0.5, 0.6) is 11.5 Å². The number of aromatic nitrogens is 2. The topological polar surface area (TPSA) is 139 Å². The number of nitrogens with one attached hydrogen (secondary N) is 1. The van der Waals surface area contributed by atoms with E-state index in [1.54, 1.807) is 41.4 Å². The van der Waals surface area contributed by atoms with E-state index in [0.29, 0.717) is 35.5 Å². The zero-order valence-electron chi connectivity index (χ0n) is 19.3. The van der Waals surface area contributed by atoms with Gasteiger partial charge in [0.25, 0.3) is 0 Å². The molecule has 0 atom stereocenters. The van der Waals surface area contributed by atoms with Crippen LogP contribution in [0.4, 0.5) is 10.5 Å². The molecule has 0 bridgehead atoms. The van der Waals surface area contributed by atoms with E-state index in [2.05, 4.69) is 27.1 Å². The van der Waals surface area contributed by atoms with Crippen LogP contribution in [0.25, 0.3) is 0 Å². The number of rotatable bonds is 6. The minimum atomic E-state index is -3.48. The Morgan fingerprint density at radius 1 is 1.19 bits per heavy atom. The lowest BCUT2D eigenvalue weighted by Crippen LogP contribution is -2.24. The molecule has 2 aromatic heterocycles. The van der Waals surface area contributed by atoms with Crippen LogP contribution in [-0.2, 0) is 21.2 Å². The number of ether oxygens (including phenoxy) is 1.